The van der Waals surface area contributed by atoms with Crippen molar-refractivity contribution in [1.82, 2.24) is 9.80 Å². The van der Waals surface area contributed by atoms with Gasteiger partial charge in [-0.25, -0.2) is 4.79 Å². The zero-order chi connectivity index (χ0) is 17.9. The van der Waals surface area contributed by atoms with E-state index in [1.807, 2.05) is 31.2 Å². The fourth-order valence-electron chi connectivity index (χ4n) is 3.08. The fourth-order valence-corrected chi connectivity index (χ4v) is 3.08. The van der Waals surface area contributed by atoms with Crippen LogP contribution in [-0.4, -0.2) is 51.8 Å². The Balaban J connectivity index is 2.15. The first kappa shape index (κ1) is 18.0. The van der Waals surface area contributed by atoms with Crippen LogP contribution in [0.2, 0.25) is 0 Å². The van der Waals surface area contributed by atoms with Crippen molar-refractivity contribution >= 4 is 17.8 Å². The van der Waals surface area contributed by atoms with Crippen LogP contribution in [-0.2, 0) is 20.9 Å². The molecule has 130 valence electrons. The van der Waals surface area contributed by atoms with E-state index in [1.54, 1.807) is 11.8 Å². The van der Waals surface area contributed by atoms with Gasteiger partial charge < -0.3 is 14.9 Å². The van der Waals surface area contributed by atoms with Crippen molar-refractivity contribution in [2.75, 3.05) is 7.05 Å². The Kier molecular flexibility index (Phi) is 5.59. The molecule has 2 atom stereocenters. The van der Waals surface area contributed by atoms with Crippen LogP contribution in [0.1, 0.15) is 37.3 Å². The molecule has 1 N–H and O–H groups in total. The normalized spacial score (nSPS) is 18.5. The molecule has 0 spiro atoms. The van der Waals surface area contributed by atoms with Gasteiger partial charge in [0.2, 0.25) is 11.8 Å². The van der Waals surface area contributed by atoms with Crippen LogP contribution < -0.4 is 0 Å². The fraction of sp³-hybridized carbons (Fsp3) is 0.500. The summed E-state index contributed by atoms with van der Waals surface area (Å²) in [7, 11) is 1.50. The summed E-state index contributed by atoms with van der Waals surface area (Å²) in [6.45, 7) is 4.09. The van der Waals surface area contributed by atoms with Crippen molar-refractivity contribution in [2.24, 2.45) is 0 Å². The molecule has 0 saturated carbocycles. The van der Waals surface area contributed by atoms with E-state index in [4.69, 9.17) is 0 Å². The lowest BCUT2D eigenvalue weighted by atomic mass is 10.1. The third-order valence-electron chi connectivity index (χ3n) is 4.57. The first-order valence-corrected chi connectivity index (χ1v) is 8.19. The molecule has 6 heteroatoms. The second-order valence-electron chi connectivity index (χ2n) is 6.27. The highest BCUT2D eigenvalue weighted by molar-refractivity contribution is 5.92. The summed E-state index contributed by atoms with van der Waals surface area (Å²) in [5, 5.41) is 9.24. The van der Waals surface area contributed by atoms with Gasteiger partial charge in [-0.05, 0) is 25.3 Å². The average Bonchev–Trinajstić information content (AvgIpc) is 2.90. The molecule has 1 aromatic carbocycles. The first-order valence-electron chi connectivity index (χ1n) is 8.19. The van der Waals surface area contributed by atoms with E-state index in [-0.39, 0.29) is 11.8 Å². The van der Waals surface area contributed by atoms with Crippen molar-refractivity contribution in [3.63, 3.8) is 0 Å². The molecule has 2 amide bonds. The Bertz CT molecular complexity index is 626. The number of nitrogens with zero attached hydrogens (tertiary/aromatic N) is 2. The van der Waals surface area contributed by atoms with Crippen LogP contribution in [0, 0.1) is 6.92 Å². The van der Waals surface area contributed by atoms with Crippen molar-refractivity contribution in [2.45, 2.75) is 51.7 Å². The van der Waals surface area contributed by atoms with Gasteiger partial charge in [0.1, 0.15) is 12.1 Å². The second-order valence-corrected chi connectivity index (χ2v) is 6.27. The van der Waals surface area contributed by atoms with Gasteiger partial charge in [-0.15, -0.1) is 0 Å². The third kappa shape index (κ3) is 3.75. The molecule has 1 saturated heterocycles. The van der Waals surface area contributed by atoms with Crippen molar-refractivity contribution in [1.29, 1.82) is 0 Å². The lowest BCUT2D eigenvalue weighted by Gasteiger charge is -2.31. The molecule has 0 radical (unpaired) electrons. The number of amides is 2. The summed E-state index contributed by atoms with van der Waals surface area (Å²) >= 11 is 0. The predicted octanol–water partition coefficient (Wildman–Crippen LogP) is 1.81. The zero-order valence-corrected chi connectivity index (χ0v) is 14.4. The van der Waals surface area contributed by atoms with Gasteiger partial charge in [0, 0.05) is 20.0 Å². The molecule has 6 nitrogen and oxygen atoms in total. The van der Waals surface area contributed by atoms with Gasteiger partial charge in [-0.2, -0.15) is 0 Å². The van der Waals surface area contributed by atoms with Gasteiger partial charge in [0.05, 0.1) is 0 Å². The molecule has 0 aromatic heterocycles. The Morgan fingerprint density at radius 3 is 2.50 bits per heavy atom. The maximum absolute atomic E-state index is 12.7. The highest BCUT2D eigenvalue weighted by atomic mass is 16.4. The molecule has 1 heterocycles. The summed E-state index contributed by atoms with van der Waals surface area (Å²) in [4.78, 5) is 39.0. The van der Waals surface area contributed by atoms with Gasteiger partial charge in [-0.3, -0.25) is 9.59 Å². The summed E-state index contributed by atoms with van der Waals surface area (Å²) < 4.78 is 0. The Hall–Kier alpha value is -2.37. The Labute approximate surface area is 142 Å². The molecule has 2 rings (SSSR count). The summed E-state index contributed by atoms with van der Waals surface area (Å²) in [5.41, 5.74) is 2.09. The average molecular weight is 332 g/mol. The molecule has 1 aromatic rings. The summed E-state index contributed by atoms with van der Waals surface area (Å²) in [6.07, 6.45) is 1.08. The molecule has 1 unspecified atom stereocenters. The topological polar surface area (TPSA) is 77.9 Å². The number of benzene rings is 1. The number of carbonyl (C=O) groups excluding carboxylic acids is 2. The number of rotatable bonds is 6. The molecule has 1 fully saturated rings. The minimum atomic E-state index is -1.03. The Morgan fingerprint density at radius 2 is 1.96 bits per heavy atom. The van der Waals surface area contributed by atoms with Crippen molar-refractivity contribution in [3.8, 4) is 0 Å². The molecule has 1 aliphatic heterocycles. The minimum Gasteiger partial charge on any atom is -0.480 e. The maximum Gasteiger partial charge on any atom is 0.326 e. The molecular formula is C18H24N2O4. The van der Waals surface area contributed by atoms with E-state index in [2.05, 4.69) is 0 Å². The van der Waals surface area contributed by atoms with E-state index in [0.29, 0.717) is 25.8 Å². The van der Waals surface area contributed by atoms with Crippen LogP contribution in [0.4, 0.5) is 0 Å². The van der Waals surface area contributed by atoms with E-state index in [1.165, 1.54) is 11.9 Å². The van der Waals surface area contributed by atoms with E-state index >= 15 is 0 Å². The number of aliphatic carboxylic acids is 1. The molecule has 0 aliphatic carbocycles. The first-order chi connectivity index (χ1) is 11.3. The van der Waals surface area contributed by atoms with Crippen LogP contribution in [0.5, 0.6) is 0 Å². The minimum absolute atomic E-state index is 0.0642. The van der Waals surface area contributed by atoms with Crippen molar-refractivity contribution < 1.29 is 19.5 Å². The summed E-state index contributed by atoms with van der Waals surface area (Å²) in [6, 6.07) is 6.37. The Morgan fingerprint density at radius 1 is 1.33 bits per heavy atom. The SMILES string of the molecule is CC[C@@H](C(=O)O)N(C)C(=O)C1CCC(=O)N1Cc1ccc(C)cc1. The number of hydrogen-bond acceptors (Lipinski definition) is 3. The quantitative estimate of drug-likeness (QED) is 0.862. The number of carboxylic acid groups (broad SMARTS) is 1. The van der Waals surface area contributed by atoms with Gasteiger partial charge in [0.15, 0.2) is 0 Å². The number of likely N-dealkylation sites (tertiary alicyclic amines) is 1. The second kappa shape index (κ2) is 7.47. The number of hydrogen-bond donors (Lipinski definition) is 1. The number of carboxylic acids is 1. The molecule has 0 bridgehead atoms. The largest absolute Gasteiger partial charge is 0.480 e. The van der Waals surface area contributed by atoms with Crippen LogP contribution >= 0.6 is 0 Å². The standard InChI is InChI=1S/C18H24N2O4/c1-4-14(18(23)24)19(3)17(22)15-9-10-16(21)20(15)11-13-7-5-12(2)6-8-13/h5-8,14-15H,4,9-11H2,1-3H3,(H,23,24)/t14-,15?/m0/s1. The monoisotopic (exact) mass is 332 g/mol. The predicted molar refractivity (Wildman–Crippen MR) is 89.2 cm³/mol. The van der Waals surface area contributed by atoms with E-state index in [9.17, 15) is 19.5 Å². The molecule has 1 aliphatic rings. The molecular weight excluding hydrogens is 308 g/mol. The van der Waals surface area contributed by atoms with Gasteiger partial charge in [0.25, 0.3) is 0 Å². The number of likely N-dealkylation sites (N-methyl/N-ethyl adjacent to an activating group) is 1. The smallest absolute Gasteiger partial charge is 0.326 e. The molecule has 24 heavy (non-hydrogen) atoms. The van der Waals surface area contributed by atoms with Gasteiger partial charge >= 0.3 is 5.97 Å². The lowest BCUT2D eigenvalue weighted by molar-refractivity contribution is -0.152. The highest BCUT2D eigenvalue weighted by Gasteiger charge is 2.39. The number of carbonyl (C=O) groups is 3. The summed E-state index contributed by atoms with van der Waals surface area (Å²) in [5.74, 6) is -1.39. The van der Waals surface area contributed by atoms with Crippen LogP contribution in [0.15, 0.2) is 24.3 Å². The maximum atomic E-state index is 12.7. The zero-order valence-electron chi connectivity index (χ0n) is 14.4. The van der Waals surface area contributed by atoms with Crippen molar-refractivity contribution in [3.05, 3.63) is 35.4 Å². The lowest BCUT2D eigenvalue weighted by Crippen LogP contribution is -2.50. The number of aryl methyl sites for hydroxylation is 1. The third-order valence-corrected chi connectivity index (χ3v) is 4.57. The van der Waals surface area contributed by atoms with E-state index < -0.39 is 18.1 Å². The van der Waals surface area contributed by atoms with E-state index in [0.717, 1.165) is 11.1 Å². The van der Waals surface area contributed by atoms with Crippen LogP contribution in [0.3, 0.4) is 0 Å². The highest BCUT2D eigenvalue weighted by Crippen LogP contribution is 2.24. The van der Waals surface area contributed by atoms with Crippen LogP contribution in [0.25, 0.3) is 0 Å². The van der Waals surface area contributed by atoms with Gasteiger partial charge in [-0.1, -0.05) is 36.8 Å².